The van der Waals surface area contributed by atoms with E-state index in [0.29, 0.717) is 0 Å². The fraction of sp³-hybridized carbons (Fsp3) is 0.600. The smallest absolute Gasteiger partial charge is 0.344 e. The van der Waals surface area contributed by atoms with Crippen molar-refractivity contribution in [2.24, 2.45) is 5.73 Å². The summed E-state index contributed by atoms with van der Waals surface area (Å²) in [7, 11) is 0. The highest BCUT2D eigenvalue weighted by atomic mass is 16.6. The lowest BCUT2D eigenvalue weighted by Crippen LogP contribution is -2.26. The van der Waals surface area contributed by atoms with E-state index in [0.717, 1.165) is 31.3 Å². The third-order valence-corrected chi connectivity index (χ3v) is 3.21. The molecule has 1 spiro atoms. The van der Waals surface area contributed by atoms with E-state index in [2.05, 4.69) is 0 Å². The van der Waals surface area contributed by atoms with Crippen LogP contribution >= 0.6 is 0 Å². The molecule has 2 aliphatic rings. The zero-order valence-corrected chi connectivity index (χ0v) is 8.13. The van der Waals surface area contributed by atoms with Gasteiger partial charge in [-0.2, -0.15) is 0 Å². The van der Waals surface area contributed by atoms with Crippen molar-refractivity contribution in [1.29, 1.82) is 0 Å². The SMILES string of the molecule is CC1=C(C(N)=O)C(=O)OC12CCCC2. The van der Waals surface area contributed by atoms with Gasteiger partial charge in [-0.05, 0) is 38.2 Å². The van der Waals surface area contributed by atoms with Gasteiger partial charge in [0.15, 0.2) is 0 Å². The van der Waals surface area contributed by atoms with Crippen molar-refractivity contribution >= 4 is 11.9 Å². The van der Waals surface area contributed by atoms with Gasteiger partial charge in [0.05, 0.1) is 0 Å². The molecule has 76 valence electrons. The summed E-state index contributed by atoms with van der Waals surface area (Å²) in [5.74, 6) is -1.21. The average Bonchev–Trinajstić information content (AvgIpc) is 2.61. The Morgan fingerprint density at radius 2 is 2.00 bits per heavy atom. The van der Waals surface area contributed by atoms with E-state index in [1.54, 1.807) is 6.92 Å². The van der Waals surface area contributed by atoms with Crippen LogP contribution in [0.2, 0.25) is 0 Å². The first-order chi connectivity index (χ1) is 6.57. The van der Waals surface area contributed by atoms with Crippen molar-refractivity contribution in [2.45, 2.75) is 38.2 Å². The number of hydrogen-bond acceptors (Lipinski definition) is 3. The van der Waals surface area contributed by atoms with E-state index in [1.807, 2.05) is 0 Å². The largest absolute Gasteiger partial charge is 0.451 e. The van der Waals surface area contributed by atoms with Gasteiger partial charge in [0.25, 0.3) is 5.91 Å². The molecule has 2 rings (SSSR count). The van der Waals surface area contributed by atoms with E-state index >= 15 is 0 Å². The zero-order chi connectivity index (χ0) is 10.3. The Kier molecular flexibility index (Phi) is 1.87. The first-order valence-corrected chi connectivity index (χ1v) is 4.81. The lowest BCUT2D eigenvalue weighted by molar-refractivity contribution is -0.147. The first kappa shape index (κ1) is 9.24. The molecule has 0 radical (unpaired) electrons. The summed E-state index contributed by atoms with van der Waals surface area (Å²) >= 11 is 0. The monoisotopic (exact) mass is 195 g/mol. The molecule has 4 heteroatoms. The molecule has 1 fully saturated rings. The van der Waals surface area contributed by atoms with E-state index in [9.17, 15) is 9.59 Å². The van der Waals surface area contributed by atoms with Gasteiger partial charge < -0.3 is 10.5 Å². The Morgan fingerprint density at radius 1 is 1.43 bits per heavy atom. The molecule has 0 unspecified atom stereocenters. The van der Waals surface area contributed by atoms with Crippen LogP contribution in [-0.4, -0.2) is 17.5 Å². The lowest BCUT2D eigenvalue weighted by atomic mass is 9.91. The van der Waals surface area contributed by atoms with Gasteiger partial charge in [0, 0.05) is 0 Å². The molecule has 1 aliphatic heterocycles. The molecule has 0 aromatic carbocycles. The molecule has 0 atom stereocenters. The number of esters is 1. The first-order valence-electron chi connectivity index (χ1n) is 4.81. The average molecular weight is 195 g/mol. The Hall–Kier alpha value is -1.32. The van der Waals surface area contributed by atoms with Crippen molar-refractivity contribution < 1.29 is 14.3 Å². The predicted octanol–water partition coefficient (Wildman–Crippen LogP) is 0.658. The summed E-state index contributed by atoms with van der Waals surface area (Å²) in [5.41, 5.74) is 5.42. The van der Waals surface area contributed by atoms with E-state index < -0.39 is 17.5 Å². The summed E-state index contributed by atoms with van der Waals surface area (Å²) in [6, 6.07) is 0. The number of ether oxygens (including phenoxy) is 1. The number of nitrogens with two attached hydrogens (primary N) is 1. The van der Waals surface area contributed by atoms with E-state index in [-0.39, 0.29) is 5.57 Å². The number of amides is 1. The normalized spacial score (nSPS) is 24.5. The highest BCUT2D eigenvalue weighted by Gasteiger charge is 2.48. The number of carbonyl (C=O) groups excluding carboxylic acids is 2. The van der Waals surface area contributed by atoms with Gasteiger partial charge in [-0.1, -0.05) is 0 Å². The molecule has 4 nitrogen and oxygen atoms in total. The van der Waals surface area contributed by atoms with Crippen molar-refractivity contribution in [3.05, 3.63) is 11.1 Å². The minimum Gasteiger partial charge on any atom is -0.451 e. The van der Waals surface area contributed by atoms with Gasteiger partial charge in [0.2, 0.25) is 0 Å². The molecule has 1 heterocycles. The lowest BCUT2D eigenvalue weighted by Gasteiger charge is -2.23. The second-order valence-electron chi connectivity index (χ2n) is 3.96. The van der Waals surface area contributed by atoms with Crippen LogP contribution in [0.5, 0.6) is 0 Å². The van der Waals surface area contributed by atoms with Crippen LogP contribution in [0.25, 0.3) is 0 Å². The van der Waals surface area contributed by atoms with Crippen LogP contribution < -0.4 is 5.73 Å². The van der Waals surface area contributed by atoms with Crippen molar-refractivity contribution in [3.63, 3.8) is 0 Å². The van der Waals surface area contributed by atoms with Crippen LogP contribution in [0.15, 0.2) is 11.1 Å². The maximum Gasteiger partial charge on any atom is 0.344 e. The van der Waals surface area contributed by atoms with Crippen LogP contribution in [0.4, 0.5) is 0 Å². The van der Waals surface area contributed by atoms with Crippen molar-refractivity contribution in [2.75, 3.05) is 0 Å². The van der Waals surface area contributed by atoms with Gasteiger partial charge in [0.1, 0.15) is 11.2 Å². The highest BCUT2D eigenvalue weighted by Crippen LogP contribution is 2.44. The maximum absolute atomic E-state index is 11.4. The predicted molar refractivity (Wildman–Crippen MR) is 49.2 cm³/mol. The fourth-order valence-electron chi connectivity index (χ4n) is 2.39. The standard InChI is InChI=1S/C10H13NO3/c1-6-7(8(11)12)9(13)14-10(6)4-2-3-5-10/h2-5H2,1H3,(H2,11,12). The molecule has 1 aliphatic carbocycles. The summed E-state index contributed by atoms with van der Waals surface area (Å²) in [4.78, 5) is 22.4. The van der Waals surface area contributed by atoms with Gasteiger partial charge in [-0.15, -0.1) is 0 Å². The van der Waals surface area contributed by atoms with Crippen molar-refractivity contribution in [1.82, 2.24) is 0 Å². The molecule has 0 bridgehead atoms. The van der Waals surface area contributed by atoms with Crippen LogP contribution in [-0.2, 0) is 14.3 Å². The number of primary amides is 1. The zero-order valence-electron chi connectivity index (χ0n) is 8.13. The minimum atomic E-state index is -0.670. The van der Waals surface area contributed by atoms with Crippen LogP contribution in [0, 0.1) is 0 Å². The van der Waals surface area contributed by atoms with Gasteiger partial charge >= 0.3 is 5.97 Å². The third-order valence-electron chi connectivity index (χ3n) is 3.21. The minimum absolute atomic E-state index is 0.0619. The molecule has 1 saturated carbocycles. The van der Waals surface area contributed by atoms with Crippen LogP contribution in [0.3, 0.4) is 0 Å². The fourth-order valence-corrected chi connectivity index (χ4v) is 2.39. The molecule has 1 amide bonds. The second kappa shape index (κ2) is 2.83. The third kappa shape index (κ3) is 1.06. The Morgan fingerprint density at radius 3 is 2.43 bits per heavy atom. The Balaban J connectivity index is 2.43. The second-order valence-corrected chi connectivity index (χ2v) is 3.96. The summed E-state index contributed by atoms with van der Waals surface area (Å²) < 4.78 is 5.28. The summed E-state index contributed by atoms with van der Waals surface area (Å²) in [5, 5.41) is 0. The molecular weight excluding hydrogens is 182 g/mol. The summed E-state index contributed by atoms with van der Waals surface area (Å²) in [6.45, 7) is 1.77. The molecule has 0 saturated heterocycles. The quantitative estimate of drug-likeness (QED) is 0.493. The van der Waals surface area contributed by atoms with Gasteiger partial charge in [-0.3, -0.25) is 4.79 Å². The highest BCUT2D eigenvalue weighted by molar-refractivity contribution is 6.18. The Bertz CT molecular complexity index is 337. The van der Waals surface area contributed by atoms with Gasteiger partial charge in [-0.25, -0.2) is 4.79 Å². The molecule has 0 aromatic heterocycles. The number of rotatable bonds is 1. The molecule has 2 N–H and O–H groups in total. The molecule has 0 aromatic rings. The maximum atomic E-state index is 11.4. The van der Waals surface area contributed by atoms with Crippen molar-refractivity contribution in [3.8, 4) is 0 Å². The molecular formula is C10H13NO3. The molecule has 14 heavy (non-hydrogen) atoms. The number of hydrogen-bond donors (Lipinski definition) is 1. The number of carbonyl (C=O) groups is 2. The van der Waals surface area contributed by atoms with Crippen LogP contribution in [0.1, 0.15) is 32.6 Å². The topological polar surface area (TPSA) is 69.4 Å². The summed E-state index contributed by atoms with van der Waals surface area (Å²) in [6.07, 6.45) is 3.72. The Labute approximate surface area is 82.1 Å². The van der Waals surface area contributed by atoms with E-state index in [1.165, 1.54) is 0 Å². The van der Waals surface area contributed by atoms with E-state index in [4.69, 9.17) is 10.5 Å².